The van der Waals surface area contributed by atoms with Gasteiger partial charge in [-0.1, -0.05) is 6.42 Å². The Hall–Kier alpha value is -1.08. The van der Waals surface area contributed by atoms with E-state index in [4.69, 9.17) is 5.11 Å². The summed E-state index contributed by atoms with van der Waals surface area (Å²) in [6.45, 7) is 0.606. The van der Waals surface area contributed by atoms with Crippen LogP contribution in [-0.2, 0) is 0 Å². The molecule has 1 aromatic rings. The summed E-state index contributed by atoms with van der Waals surface area (Å²) in [5.41, 5.74) is -0.0786. The average Bonchev–Trinajstić information content (AvgIpc) is 2.83. The van der Waals surface area contributed by atoms with Crippen LogP contribution in [0.15, 0.2) is 5.38 Å². The molecule has 0 aromatic carbocycles. The van der Waals surface area contributed by atoms with Crippen LogP contribution in [0.1, 0.15) is 39.6 Å². The second-order valence-electron chi connectivity index (χ2n) is 3.65. The van der Waals surface area contributed by atoms with Gasteiger partial charge in [0, 0.05) is 11.9 Å². The number of aromatic nitrogens is 1. The number of carboxylic acids is 1. The second kappa shape index (κ2) is 8.10. The lowest BCUT2D eigenvalue weighted by atomic mass is 10.2. The van der Waals surface area contributed by atoms with Crippen LogP contribution in [0.5, 0.6) is 0 Å². The molecular formula is C11H16N2O3S2. The van der Waals surface area contributed by atoms with Crippen LogP contribution in [0.4, 0.5) is 0 Å². The highest BCUT2D eigenvalue weighted by Gasteiger charge is 2.13. The van der Waals surface area contributed by atoms with Gasteiger partial charge in [-0.3, -0.25) is 4.79 Å². The van der Waals surface area contributed by atoms with Crippen molar-refractivity contribution in [2.75, 3.05) is 18.6 Å². The monoisotopic (exact) mass is 288 g/mol. The van der Waals surface area contributed by atoms with Crippen LogP contribution in [0.2, 0.25) is 0 Å². The van der Waals surface area contributed by atoms with Crippen LogP contribution in [0.25, 0.3) is 0 Å². The van der Waals surface area contributed by atoms with Crippen molar-refractivity contribution in [2.45, 2.75) is 19.3 Å². The average molecular weight is 288 g/mol. The van der Waals surface area contributed by atoms with Gasteiger partial charge in [0.05, 0.1) is 0 Å². The van der Waals surface area contributed by atoms with Gasteiger partial charge in [-0.05, 0) is 24.9 Å². The summed E-state index contributed by atoms with van der Waals surface area (Å²) >= 11 is 2.87. The molecule has 0 aliphatic carbocycles. The third-order valence-electron chi connectivity index (χ3n) is 2.23. The number of carbonyl (C=O) groups excluding carboxylic acids is 1. The number of thioether (sulfide) groups is 1. The molecule has 100 valence electrons. The molecule has 0 spiro atoms. The molecule has 18 heavy (non-hydrogen) atoms. The van der Waals surface area contributed by atoms with Gasteiger partial charge in [0.25, 0.3) is 5.91 Å². The fourth-order valence-corrected chi connectivity index (χ4v) is 2.50. The maximum Gasteiger partial charge on any atom is 0.355 e. The van der Waals surface area contributed by atoms with E-state index < -0.39 is 5.97 Å². The lowest BCUT2D eigenvalue weighted by Crippen LogP contribution is -2.24. The van der Waals surface area contributed by atoms with Crippen LogP contribution < -0.4 is 5.32 Å². The first-order valence-corrected chi connectivity index (χ1v) is 7.88. The van der Waals surface area contributed by atoms with Gasteiger partial charge in [0.2, 0.25) is 0 Å². The lowest BCUT2D eigenvalue weighted by Gasteiger charge is -2.02. The highest BCUT2D eigenvalue weighted by molar-refractivity contribution is 7.98. The van der Waals surface area contributed by atoms with E-state index in [1.165, 1.54) is 5.38 Å². The third-order valence-corrected chi connectivity index (χ3v) is 3.77. The van der Waals surface area contributed by atoms with Crippen molar-refractivity contribution < 1.29 is 14.7 Å². The summed E-state index contributed by atoms with van der Waals surface area (Å²) < 4.78 is 0. The zero-order chi connectivity index (χ0) is 13.4. The molecule has 0 saturated heterocycles. The predicted molar refractivity (Wildman–Crippen MR) is 73.6 cm³/mol. The molecule has 0 bridgehead atoms. The minimum absolute atomic E-state index is 0.0786. The van der Waals surface area contributed by atoms with Gasteiger partial charge in [-0.15, -0.1) is 11.3 Å². The van der Waals surface area contributed by atoms with E-state index >= 15 is 0 Å². The van der Waals surface area contributed by atoms with Gasteiger partial charge < -0.3 is 10.4 Å². The zero-order valence-electron chi connectivity index (χ0n) is 10.1. The van der Waals surface area contributed by atoms with Crippen molar-refractivity contribution in [3.05, 3.63) is 16.1 Å². The number of hydrogen-bond donors (Lipinski definition) is 2. The van der Waals surface area contributed by atoms with Gasteiger partial charge in [-0.25, -0.2) is 9.78 Å². The van der Waals surface area contributed by atoms with E-state index in [0.29, 0.717) is 6.54 Å². The molecule has 7 heteroatoms. The fourth-order valence-electron chi connectivity index (χ4n) is 1.30. The number of amides is 1. The molecule has 0 saturated carbocycles. The Kier molecular flexibility index (Phi) is 6.74. The Morgan fingerprint density at radius 2 is 2.22 bits per heavy atom. The number of unbranched alkanes of at least 4 members (excludes halogenated alkanes) is 2. The summed E-state index contributed by atoms with van der Waals surface area (Å²) in [6, 6.07) is 0. The normalized spacial score (nSPS) is 10.3. The highest BCUT2D eigenvalue weighted by Crippen LogP contribution is 2.09. The van der Waals surface area contributed by atoms with Crippen LogP contribution >= 0.6 is 23.1 Å². The molecule has 0 aliphatic rings. The SMILES string of the molecule is CSCCCCCNC(=O)c1nc(C(=O)O)cs1. The third kappa shape index (κ3) is 5.05. The Morgan fingerprint density at radius 1 is 1.44 bits per heavy atom. The first-order valence-electron chi connectivity index (χ1n) is 5.61. The van der Waals surface area contributed by atoms with E-state index in [1.54, 1.807) is 0 Å². The largest absolute Gasteiger partial charge is 0.476 e. The Balaban J connectivity index is 2.25. The van der Waals surface area contributed by atoms with Crippen molar-refractivity contribution in [1.82, 2.24) is 10.3 Å². The number of aromatic carboxylic acids is 1. The van der Waals surface area contributed by atoms with E-state index in [2.05, 4.69) is 16.6 Å². The van der Waals surface area contributed by atoms with E-state index in [1.807, 2.05) is 11.8 Å². The fraction of sp³-hybridized carbons (Fsp3) is 0.545. The van der Waals surface area contributed by atoms with Crippen molar-refractivity contribution in [3.63, 3.8) is 0 Å². The molecule has 0 aliphatic heterocycles. The van der Waals surface area contributed by atoms with Gasteiger partial charge in [-0.2, -0.15) is 11.8 Å². The van der Waals surface area contributed by atoms with Crippen molar-refractivity contribution in [3.8, 4) is 0 Å². The predicted octanol–water partition coefficient (Wildman–Crippen LogP) is 2.10. The van der Waals surface area contributed by atoms with Crippen LogP contribution in [0, 0.1) is 0 Å². The first kappa shape index (κ1) is 15.0. The molecule has 0 radical (unpaired) electrons. The number of hydrogen-bond acceptors (Lipinski definition) is 5. The summed E-state index contributed by atoms with van der Waals surface area (Å²) in [5, 5.41) is 13.0. The van der Waals surface area contributed by atoms with Crippen LogP contribution in [0.3, 0.4) is 0 Å². The molecule has 2 N–H and O–H groups in total. The molecule has 1 heterocycles. The molecule has 0 unspecified atom stereocenters. The van der Waals surface area contributed by atoms with Gasteiger partial charge in [0.15, 0.2) is 10.7 Å². The summed E-state index contributed by atoms with van der Waals surface area (Å²) in [4.78, 5) is 26.0. The Labute approximate surface area is 114 Å². The smallest absolute Gasteiger partial charge is 0.355 e. The second-order valence-corrected chi connectivity index (χ2v) is 5.50. The Bertz CT molecular complexity index is 407. The molecular weight excluding hydrogens is 272 g/mol. The maximum atomic E-state index is 11.6. The summed E-state index contributed by atoms with van der Waals surface area (Å²) in [6.07, 6.45) is 5.24. The number of carboxylic acid groups (broad SMARTS) is 1. The number of rotatable bonds is 8. The molecule has 1 amide bonds. The summed E-state index contributed by atoms with van der Waals surface area (Å²) in [5.74, 6) is -0.262. The van der Waals surface area contributed by atoms with Gasteiger partial charge >= 0.3 is 5.97 Å². The molecule has 0 atom stereocenters. The van der Waals surface area contributed by atoms with E-state index in [-0.39, 0.29) is 16.6 Å². The zero-order valence-corrected chi connectivity index (χ0v) is 11.8. The molecule has 5 nitrogen and oxygen atoms in total. The van der Waals surface area contributed by atoms with Crippen molar-refractivity contribution in [2.24, 2.45) is 0 Å². The number of nitrogens with zero attached hydrogens (tertiary/aromatic N) is 1. The van der Waals surface area contributed by atoms with Crippen molar-refractivity contribution in [1.29, 1.82) is 0 Å². The highest BCUT2D eigenvalue weighted by atomic mass is 32.2. The Morgan fingerprint density at radius 3 is 2.83 bits per heavy atom. The lowest BCUT2D eigenvalue weighted by molar-refractivity contribution is 0.0691. The van der Waals surface area contributed by atoms with Crippen LogP contribution in [-0.4, -0.2) is 40.5 Å². The standard InChI is InChI=1S/C11H16N2O3S2/c1-17-6-4-2-3-5-12-9(14)10-13-8(7-18-10)11(15)16/h7H,2-6H2,1H3,(H,12,14)(H,15,16). The molecule has 0 fully saturated rings. The quantitative estimate of drug-likeness (QED) is 0.716. The summed E-state index contributed by atoms with van der Waals surface area (Å²) in [7, 11) is 0. The topological polar surface area (TPSA) is 79.3 Å². The minimum atomic E-state index is -1.11. The molecule has 1 rings (SSSR count). The first-order chi connectivity index (χ1) is 8.65. The number of nitrogens with one attached hydrogen (secondary N) is 1. The maximum absolute atomic E-state index is 11.6. The van der Waals surface area contributed by atoms with Crippen molar-refractivity contribution >= 4 is 35.0 Å². The number of thiazole rings is 1. The molecule has 1 aromatic heterocycles. The minimum Gasteiger partial charge on any atom is -0.476 e. The van der Waals surface area contributed by atoms with E-state index in [9.17, 15) is 9.59 Å². The number of carbonyl (C=O) groups is 2. The van der Waals surface area contributed by atoms with E-state index in [0.717, 1.165) is 36.4 Å². The van der Waals surface area contributed by atoms with Gasteiger partial charge in [0.1, 0.15) is 0 Å².